The van der Waals surface area contributed by atoms with Crippen molar-refractivity contribution in [2.75, 3.05) is 25.5 Å². The molecule has 1 fully saturated rings. The summed E-state index contributed by atoms with van der Waals surface area (Å²) in [5.74, 6) is 0.666. The van der Waals surface area contributed by atoms with Crippen molar-refractivity contribution in [2.45, 2.75) is 12.7 Å². The van der Waals surface area contributed by atoms with Crippen LogP contribution in [0.4, 0.5) is 21.6 Å². The lowest BCUT2D eigenvalue weighted by Gasteiger charge is -2.12. The van der Waals surface area contributed by atoms with E-state index in [0.29, 0.717) is 34.8 Å². The van der Waals surface area contributed by atoms with E-state index in [9.17, 15) is 9.50 Å². The van der Waals surface area contributed by atoms with Crippen LogP contribution in [-0.2, 0) is 11.3 Å². The van der Waals surface area contributed by atoms with Gasteiger partial charge < -0.3 is 24.8 Å². The molecule has 4 aromatic rings. The lowest BCUT2D eigenvalue weighted by atomic mass is 10.2. The van der Waals surface area contributed by atoms with Crippen LogP contribution in [0.15, 0.2) is 72.0 Å². The van der Waals surface area contributed by atoms with E-state index >= 15 is 0 Å². The van der Waals surface area contributed by atoms with Crippen LogP contribution in [0.2, 0.25) is 5.02 Å². The number of aliphatic imine (C=N–C) groups is 1. The monoisotopic (exact) mass is 507 g/mol. The van der Waals surface area contributed by atoms with E-state index in [1.54, 1.807) is 18.2 Å². The fourth-order valence-corrected chi connectivity index (χ4v) is 4.02. The Bertz CT molecular complexity index is 1430. The van der Waals surface area contributed by atoms with Gasteiger partial charge in [-0.3, -0.25) is 0 Å². The van der Waals surface area contributed by atoms with Gasteiger partial charge in [0.15, 0.2) is 0 Å². The van der Waals surface area contributed by atoms with Crippen LogP contribution in [0, 0.1) is 5.82 Å². The Kier molecular flexibility index (Phi) is 6.84. The number of anilines is 2. The molecular formula is C26H23ClFN5O3. The second-order valence-electron chi connectivity index (χ2n) is 8.30. The number of benzene rings is 3. The average Bonchev–Trinajstić information content (AvgIpc) is 3.23. The molecule has 0 saturated carbocycles. The summed E-state index contributed by atoms with van der Waals surface area (Å²) < 4.78 is 24.7. The molecule has 1 aliphatic rings. The number of likely N-dealkylation sites (N-methyl/N-ethyl adjacent to an activating group) is 1. The lowest BCUT2D eigenvalue weighted by molar-refractivity contribution is 0.132. The normalized spacial score (nSPS) is 16.4. The molecular weight excluding hydrogens is 485 g/mol. The standard InChI is InChI=1S/C26H23ClFN5O3/c1-33-12-21(13-34)36-26(33)32-18-7-8-24-22(10-18)25(30-15-29-24)31-19-6-5-16(23(27)11-19)14-35-20-4-2-3-17(28)9-20/h2-11,15,21,34H,12-14H2,1H3,(H,29,30,31). The summed E-state index contributed by atoms with van der Waals surface area (Å²) in [5, 5.41) is 13.9. The summed E-state index contributed by atoms with van der Waals surface area (Å²) in [6.45, 7) is 0.709. The van der Waals surface area contributed by atoms with Crippen molar-refractivity contribution in [1.29, 1.82) is 0 Å². The number of amidine groups is 1. The van der Waals surface area contributed by atoms with Crippen LogP contribution in [0.3, 0.4) is 0 Å². The Morgan fingerprint density at radius 1 is 1.19 bits per heavy atom. The highest BCUT2D eigenvalue weighted by atomic mass is 35.5. The molecule has 0 amide bonds. The van der Waals surface area contributed by atoms with Gasteiger partial charge in [-0.05, 0) is 42.5 Å². The maximum atomic E-state index is 13.4. The van der Waals surface area contributed by atoms with Crippen LogP contribution in [-0.4, -0.2) is 52.3 Å². The summed E-state index contributed by atoms with van der Waals surface area (Å²) in [6, 6.07) is 17.5. The molecule has 184 valence electrons. The number of aliphatic hydroxyl groups excluding tert-OH is 1. The molecule has 2 heterocycles. The SMILES string of the molecule is CN1CC(CO)OC1=Nc1ccc2ncnc(Nc3ccc(COc4cccc(F)c4)c(Cl)c3)c2c1. The zero-order valence-corrected chi connectivity index (χ0v) is 20.1. The summed E-state index contributed by atoms with van der Waals surface area (Å²) in [7, 11) is 1.86. The van der Waals surface area contributed by atoms with Crippen LogP contribution in [0.25, 0.3) is 10.9 Å². The Morgan fingerprint density at radius 2 is 2.08 bits per heavy atom. The van der Waals surface area contributed by atoms with E-state index < -0.39 is 0 Å². The van der Waals surface area contributed by atoms with Gasteiger partial charge in [0.1, 0.15) is 36.4 Å². The molecule has 0 bridgehead atoms. The zero-order chi connectivity index (χ0) is 25.1. The van der Waals surface area contributed by atoms with Crippen LogP contribution in [0.5, 0.6) is 5.75 Å². The predicted molar refractivity (Wildman–Crippen MR) is 137 cm³/mol. The third kappa shape index (κ3) is 5.32. The number of aromatic nitrogens is 2. The molecule has 0 radical (unpaired) electrons. The van der Waals surface area contributed by atoms with Gasteiger partial charge in [-0.2, -0.15) is 4.99 Å². The maximum Gasteiger partial charge on any atom is 0.292 e. The summed E-state index contributed by atoms with van der Waals surface area (Å²) in [6.07, 6.45) is 1.19. The molecule has 1 unspecified atom stereocenters. The van der Waals surface area contributed by atoms with Gasteiger partial charge in [0, 0.05) is 34.8 Å². The molecule has 3 aromatic carbocycles. The highest BCUT2D eigenvalue weighted by Gasteiger charge is 2.26. The Hall–Kier alpha value is -3.95. The van der Waals surface area contributed by atoms with E-state index in [1.165, 1.54) is 18.5 Å². The lowest BCUT2D eigenvalue weighted by Crippen LogP contribution is -2.21. The van der Waals surface area contributed by atoms with E-state index in [0.717, 1.165) is 22.2 Å². The first-order chi connectivity index (χ1) is 17.5. The second-order valence-corrected chi connectivity index (χ2v) is 8.71. The third-order valence-corrected chi connectivity index (χ3v) is 5.98. The van der Waals surface area contributed by atoms with Crippen molar-refractivity contribution in [3.8, 4) is 5.75 Å². The minimum absolute atomic E-state index is 0.0682. The fourth-order valence-electron chi connectivity index (χ4n) is 3.79. The van der Waals surface area contributed by atoms with Gasteiger partial charge in [-0.1, -0.05) is 23.7 Å². The second kappa shape index (κ2) is 10.3. The van der Waals surface area contributed by atoms with Gasteiger partial charge in [-0.15, -0.1) is 0 Å². The van der Waals surface area contributed by atoms with Gasteiger partial charge >= 0.3 is 0 Å². The van der Waals surface area contributed by atoms with Crippen molar-refractivity contribution in [2.24, 2.45) is 4.99 Å². The first-order valence-electron chi connectivity index (χ1n) is 11.2. The number of nitrogens with zero attached hydrogens (tertiary/aromatic N) is 4. The summed E-state index contributed by atoms with van der Waals surface area (Å²) in [4.78, 5) is 15.2. The largest absolute Gasteiger partial charge is 0.489 e. The summed E-state index contributed by atoms with van der Waals surface area (Å²) >= 11 is 6.49. The minimum atomic E-state index is -0.359. The van der Waals surface area contributed by atoms with E-state index in [-0.39, 0.29) is 25.1 Å². The Labute approximate surface area is 212 Å². The number of nitrogens with one attached hydrogen (secondary N) is 1. The van der Waals surface area contributed by atoms with E-state index in [1.807, 2.05) is 42.3 Å². The molecule has 36 heavy (non-hydrogen) atoms. The number of hydrogen-bond donors (Lipinski definition) is 2. The fraction of sp³-hybridized carbons (Fsp3) is 0.192. The van der Waals surface area contributed by atoms with Gasteiger partial charge in [0.05, 0.1) is 24.4 Å². The zero-order valence-electron chi connectivity index (χ0n) is 19.4. The predicted octanol–water partition coefficient (Wildman–Crippen LogP) is 5.06. The summed E-state index contributed by atoms with van der Waals surface area (Å²) in [5.41, 5.74) is 2.91. The number of aliphatic hydroxyl groups is 1. The molecule has 1 atom stereocenters. The molecule has 8 nitrogen and oxygen atoms in total. The minimum Gasteiger partial charge on any atom is -0.489 e. The number of hydrogen-bond acceptors (Lipinski definition) is 7. The quantitative estimate of drug-likeness (QED) is 0.361. The molecule has 1 aromatic heterocycles. The smallest absolute Gasteiger partial charge is 0.292 e. The number of halogens is 2. The molecule has 0 spiro atoms. The average molecular weight is 508 g/mol. The van der Waals surface area contributed by atoms with Gasteiger partial charge in [0.25, 0.3) is 6.02 Å². The van der Waals surface area contributed by atoms with Crippen molar-refractivity contribution in [3.63, 3.8) is 0 Å². The first kappa shape index (κ1) is 23.8. The number of ether oxygens (including phenoxy) is 2. The number of fused-ring (bicyclic) bond motifs is 1. The van der Waals surface area contributed by atoms with Crippen molar-refractivity contribution < 1.29 is 19.0 Å². The molecule has 5 rings (SSSR count). The third-order valence-electron chi connectivity index (χ3n) is 5.63. The molecule has 1 saturated heterocycles. The molecule has 0 aliphatic carbocycles. The van der Waals surface area contributed by atoms with E-state index in [2.05, 4.69) is 20.3 Å². The van der Waals surface area contributed by atoms with Crippen molar-refractivity contribution in [3.05, 3.63) is 83.4 Å². The Morgan fingerprint density at radius 3 is 2.86 bits per heavy atom. The van der Waals surface area contributed by atoms with Crippen LogP contribution < -0.4 is 10.1 Å². The first-order valence-corrected chi connectivity index (χ1v) is 11.6. The van der Waals surface area contributed by atoms with Crippen molar-refractivity contribution in [1.82, 2.24) is 14.9 Å². The van der Waals surface area contributed by atoms with Crippen molar-refractivity contribution >= 4 is 45.7 Å². The van der Waals surface area contributed by atoms with E-state index in [4.69, 9.17) is 21.1 Å². The van der Waals surface area contributed by atoms with Crippen LogP contribution in [0.1, 0.15) is 5.56 Å². The highest BCUT2D eigenvalue weighted by molar-refractivity contribution is 6.31. The molecule has 10 heteroatoms. The molecule has 1 aliphatic heterocycles. The van der Waals surface area contributed by atoms with Gasteiger partial charge in [0.2, 0.25) is 0 Å². The van der Waals surface area contributed by atoms with Gasteiger partial charge in [-0.25, -0.2) is 14.4 Å². The molecule has 2 N–H and O–H groups in total. The highest BCUT2D eigenvalue weighted by Crippen LogP contribution is 2.30. The topological polar surface area (TPSA) is 92.1 Å². The Balaban J connectivity index is 1.35. The maximum absolute atomic E-state index is 13.4. The number of rotatable bonds is 7. The van der Waals surface area contributed by atoms with Crippen LogP contribution >= 0.6 is 11.6 Å².